The zero-order chi connectivity index (χ0) is 16.4. The van der Waals surface area contributed by atoms with Gasteiger partial charge in [-0.05, 0) is 48.9 Å². The second-order valence-corrected chi connectivity index (χ2v) is 7.56. The van der Waals surface area contributed by atoms with Gasteiger partial charge in [-0.15, -0.1) is 0 Å². The van der Waals surface area contributed by atoms with Crippen molar-refractivity contribution >= 4 is 0 Å². The molecule has 2 atom stereocenters. The van der Waals surface area contributed by atoms with E-state index < -0.39 is 5.60 Å². The molecule has 3 heteroatoms. The van der Waals surface area contributed by atoms with Crippen molar-refractivity contribution in [2.24, 2.45) is 0 Å². The molecule has 2 aliphatic rings. The molecule has 1 N–H and O–H groups in total. The van der Waals surface area contributed by atoms with Crippen LogP contribution in [0.1, 0.15) is 43.2 Å². The fourth-order valence-corrected chi connectivity index (χ4v) is 4.70. The Morgan fingerprint density at radius 2 is 1.62 bits per heavy atom. The molecule has 1 aromatic carbocycles. The van der Waals surface area contributed by atoms with E-state index in [9.17, 15) is 5.11 Å². The van der Waals surface area contributed by atoms with E-state index in [-0.39, 0.29) is 0 Å². The Balaban J connectivity index is 1.50. The first-order chi connectivity index (χ1) is 11.7. The lowest BCUT2D eigenvalue weighted by molar-refractivity contribution is -0.0946. The van der Waals surface area contributed by atoms with Crippen LogP contribution in [0.2, 0.25) is 0 Å². The van der Waals surface area contributed by atoms with E-state index >= 15 is 0 Å². The lowest BCUT2D eigenvalue weighted by atomic mass is 9.73. The number of aromatic nitrogens is 1. The Labute approximate surface area is 144 Å². The molecular weight excluding hydrogens is 296 g/mol. The van der Waals surface area contributed by atoms with Gasteiger partial charge in [0.25, 0.3) is 0 Å². The van der Waals surface area contributed by atoms with Gasteiger partial charge in [-0.1, -0.05) is 36.8 Å². The van der Waals surface area contributed by atoms with E-state index in [1.165, 1.54) is 30.4 Å². The molecule has 3 heterocycles. The predicted molar refractivity (Wildman–Crippen MR) is 95.5 cm³/mol. The van der Waals surface area contributed by atoms with Crippen LogP contribution in [0.15, 0.2) is 54.9 Å². The average Bonchev–Trinajstić information content (AvgIpc) is 2.58. The maximum Gasteiger partial charge on any atom is 0.0717 e. The highest BCUT2D eigenvalue weighted by Crippen LogP contribution is 2.41. The molecule has 24 heavy (non-hydrogen) atoms. The Hall–Kier alpha value is -1.71. The van der Waals surface area contributed by atoms with Gasteiger partial charge in [0, 0.05) is 37.4 Å². The summed E-state index contributed by atoms with van der Waals surface area (Å²) < 4.78 is 0. The van der Waals surface area contributed by atoms with Crippen LogP contribution in [-0.2, 0) is 13.0 Å². The molecule has 0 aliphatic carbocycles. The summed E-state index contributed by atoms with van der Waals surface area (Å²) in [5, 5.41) is 11.3. The summed E-state index contributed by atoms with van der Waals surface area (Å²) in [6.07, 6.45) is 9.89. The molecule has 3 nitrogen and oxygen atoms in total. The summed E-state index contributed by atoms with van der Waals surface area (Å²) in [6, 6.07) is 15.8. The van der Waals surface area contributed by atoms with E-state index in [4.69, 9.17) is 0 Å². The fourth-order valence-electron chi connectivity index (χ4n) is 4.70. The third-order valence-electron chi connectivity index (χ3n) is 5.73. The van der Waals surface area contributed by atoms with Crippen LogP contribution in [-0.4, -0.2) is 32.7 Å². The van der Waals surface area contributed by atoms with Crippen molar-refractivity contribution in [3.05, 3.63) is 66.0 Å². The number of fused-ring (bicyclic) bond motifs is 2. The second kappa shape index (κ2) is 6.66. The molecule has 2 aromatic rings. The van der Waals surface area contributed by atoms with Gasteiger partial charge in [-0.25, -0.2) is 0 Å². The molecule has 4 rings (SSSR count). The minimum atomic E-state index is -0.565. The number of pyridine rings is 1. The Morgan fingerprint density at radius 1 is 0.958 bits per heavy atom. The van der Waals surface area contributed by atoms with Gasteiger partial charge in [-0.3, -0.25) is 9.88 Å². The third-order valence-corrected chi connectivity index (χ3v) is 5.73. The summed E-state index contributed by atoms with van der Waals surface area (Å²) in [5.41, 5.74) is 2.01. The molecule has 0 radical (unpaired) electrons. The van der Waals surface area contributed by atoms with E-state index in [1.807, 2.05) is 24.5 Å². The predicted octanol–water partition coefficient (Wildman–Crippen LogP) is 3.57. The van der Waals surface area contributed by atoms with Gasteiger partial charge in [0.15, 0.2) is 0 Å². The quantitative estimate of drug-likeness (QED) is 0.935. The maximum absolute atomic E-state index is 11.3. The van der Waals surface area contributed by atoms with Crippen LogP contribution in [0.25, 0.3) is 0 Å². The average molecular weight is 322 g/mol. The monoisotopic (exact) mass is 322 g/mol. The normalized spacial score (nSPS) is 30.2. The van der Waals surface area contributed by atoms with Crippen LogP contribution in [0, 0.1) is 0 Å². The first kappa shape index (κ1) is 15.8. The zero-order valence-corrected chi connectivity index (χ0v) is 14.1. The number of hydrogen-bond acceptors (Lipinski definition) is 3. The van der Waals surface area contributed by atoms with E-state index in [2.05, 4.69) is 40.2 Å². The third kappa shape index (κ3) is 3.38. The maximum atomic E-state index is 11.3. The van der Waals surface area contributed by atoms with Crippen LogP contribution >= 0.6 is 0 Å². The highest BCUT2D eigenvalue weighted by molar-refractivity contribution is 5.17. The molecule has 1 aromatic heterocycles. The Bertz CT molecular complexity index is 644. The van der Waals surface area contributed by atoms with E-state index in [0.29, 0.717) is 12.1 Å². The molecule has 0 amide bonds. The molecule has 126 valence electrons. The number of rotatable bonds is 4. The minimum Gasteiger partial charge on any atom is -0.389 e. The molecule has 0 spiro atoms. The summed E-state index contributed by atoms with van der Waals surface area (Å²) in [4.78, 5) is 6.74. The molecular formula is C21H26N2O. The number of nitrogens with zero attached hydrogens (tertiary/aromatic N) is 2. The Morgan fingerprint density at radius 3 is 2.29 bits per heavy atom. The van der Waals surface area contributed by atoms with Gasteiger partial charge in [-0.2, -0.15) is 0 Å². The zero-order valence-electron chi connectivity index (χ0n) is 14.1. The van der Waals surface area contributed by atoms with Crippen molar-refractivity contribution in [2.45, 2.75) is 62.8 Å². The van der Waals surface area contributed by atoms with Gasteiger partial charge in [0.1, 0.15) is 0 Å². The Kier molecular flexibility index (Phi) is 4.38. The highest BCUT2D eigenvalue weighted by Gasteiger charge is 2.45. The van der Waals surface area contributed by atoms with E-state index in [1.54, 1.807) is 0 Å². The number of piperidine rings is 2. The summed E-state index contributed by atoms with van der Waals surface area (Å²) in [6.45, 7) is 1.02. The van der Waals surface area contributed by atoms with Crippen molar-refractivity contribution in [2.75, 3.05) is 0 Å². The number of aliphatic hydroxyl groups is 1. The van der Waals surface area contributed by atoms with E-state index in [0.717, 1.165) is 25.8 Å². The molecule has 2 unspecified atom stereocenters. The molecule has 2 aliphatic heterocycles. The lowest BCUT2D eigenvalue weighted by Crippen LogP contribution is -2.58. The molecule has 0 saturated carbocycles. The topological polar surface area (TPSA) is 36.4 Å². The van der Waals surface area contributed by atoms with Crippen LogP contribution in [0.5, 0.6) is 0 Å². The molecule has 2 fully saturated rings. The number of benzene rings is 1. The minimum absolute atomic E-state index is 0.504. The van der Waals surface area contributed by atoms with Crippen molar-refractivity contribution in [3.8, 4) is 0 Å². The van der Waals surface area contributed by atoms with Crippen LogP contribution in [0.4, 0.5) is 0 Å². The molecule has 2 saturated heterocycles. The standard InChI is InChI=1S/C21H26N2O/c24-21(13-17-9-11-22-12-10-17)14-19-7-4-8-20(15-21)23(19)16-18-5-2-1-3-6-18/h1-3,5-6,9-12,19-20,24H,4,7-8,13-16H2. The van der Waals surface area contributed by atoms with Crippen LogP contribution in [0.3, 0.4) is 0 Å². The summed E-state index contributed by atoms with van der Waals surface area (Å²) >= 11 is 0. The van der Waals surface area contributed by atoms with Crippen LogP contribution < -0.4 is 0 Å². The van der Waals surface area contributed by atoms with Gasteiger partial charge in [0.2, 0.25) is 0 Å². The van der Waals surface area contributed by atoms with Crippen molar-refractivity contribution < 1.29 is 5.11 Å². The highest BCUT2D eigenvalue weighted by atomic mass is 16.3. The first-order valence-electron chi connectivity index (χ1n) is 9.13. The van der Waals surface area contributed by atoms with Gasteiger partial charge >= 0.3 is 0 Å². The second-order valence-electron chi connectivity index (χ2n) is 7.56. The first-order valence-corrected chi connectivity index (χ1v) is 9.13. The lowest BCUT2D eigenvalue weighted by Gasteiger charge is -2.52. The summed E-state index contributed by atoms with van der Waals surface area (Å²) in [7, 11) is 0. The summed E-state index contributed by atoms with van der Waals surface area (Å²) in [5.74, 6) is 0. The SMILES string of the molecule is OC1(Cc2ccncc2)CC2CCCC(C1)N2Cc1ccccc1. The van der Waals surface area contributed by atoms with Gasteiger partial charge < -0.3 is 5.11 Å². The van der Waals surface area contributed by atoms with Gasteiger partial charge in [0.05, 0.1) is 5.60 Å². The van der Waals surface area contributed by atoms with Crippen molar-refractivity contribution in [3.63, 3.8) is 0 Å². The molecule has 2 bridgehead atoms. The largest absolute Gasteiger partial charge is 0.389 e. The van der Waals surface area contributed by atoms with Crippen molar-refractivity contribution in [1.29, 1.82) is 0 Å². The fraction of sp³-hybridized carbons (Fsp3) is 0.476. The van der Waals surface area contributed by atoms with Crippen molar-refractivity contribution in [1.82, 2.24) is 9.88 Å². The smallest absolute Gasteiger partial charge is 0.0717 e. The number of hydrogen-bond donors (Lipinski definition) is 1.